The van der Waals surface area contributed by atoms with Crippen molar-refractivity contribution in [1.29, 1.82) is 0 Å². The first kappa shape index (κ1) is 15.2. The van der Waals surface area contributed by atoms with Crippen molar-refractivity contribution in [2.24, 2.45) is 0 Å². The molecule has 0 aliphatic carbocycles. The van der Waals surface area contributed by atoms with Crippen LogP contribution in [0.3, 0.4) is 0 Å². The van der Waals surface area contributed by atoms with Crippen molar-refractivity contribution in [3.8, 4) is 0 Å². The molecule has 0 unspecified atom stereocenters. The van der Waals surface area contributed by atoms with Crippen molar-refractivity contribution in [3.05, 3.63) is 0 Å². The summed E-state index contributed by atoms with van der Waals surface area (Å²) in [5, 5.41) is 11.2. The molecule has 0 aromatic carbocycles. The molecule has 1 atom stereocenters. The summed E-state index contributed by atoms with van der Waals surface area (Å²) in [5.74, 6) is 0.115. The Morgan fingerprint density at radius 3 is 2.78 bits per heavy atom. The molecule has 1 rings (SSSR count). The van der Waals surface area contributed by atoms with Gasteiger partial charge in [0, 0.05) is 19.1 Å². The number of ether oxygens (including phenoxy) is 1. The molecule has 0 bridgehead atoms. The van der Waals surface area contributed by atoms with Crippen molar-refractivity contribution < 1.29 is 23.1 Å². The van der Waals surface area contributed by atoms with Gasteiger partial charge in [-0.3, -0.25) is 0 Å². The lowest BCUT2D eigenvalue weighted by atomic mass is 10.3. The molecular formula is C10H20N2O5S. The molecule has 1 heterocycles. The molecule has 7 nitrogen and oxygen atoms in total. The number of aliphatic hydroxyl groups excluding tert-OH is 1. The van der Waals surface area contributed by atoms with E-state index in [2.05, 4.69) is 5.32 Å². The Morgan fingerprint density at radius 1 is 1.50 bits per heavy atom. The summed E-state index contributed by atoms with van der Waals surface area (Å²) in [5.41, 5.74) is 0. The van der Waals surface area contributed by atoms with Crippen LogP contribution in [-0.4, -0.2) is 75.4 Å². The largest absolute Gasteiger partial charge is 0.448 e. The second kappa shape index (κ2) is 6.91. The minimum atomic E-state index is -2.99. The SMILES string of the molecule is CN(CCO)CCOC(=O)N[C@H]1CCS(=O)(=O)C1. The van der Waals surface area contributed by atoms with Crippen LogP contribution >= 0.6 is 0 Å². The van der Waals surface area contributed by atoms with Gasteiger partial charge in [0.1, 0.15) is 6.61 Å². The van der Waals surface area contributed by atoms with Crippen LogP contribution in [0.2, 0.25) is 0 Å². The number of hydrogen-bond donors (Lipinski definition) is 2. The van der Waals surface area contributed by atoms with Gasteiger partial charge in [-0.05, 0) is 13.5 Å². The third kappa shape index (κ3) is 5.65. The van der Waals surface area contributed by atoms with Gasteiger partial charge in [-0.15, -0.1) is 0 Å². The molecular weight excluding hydrogens is 260 g/mol. The number of rotatable bonds is 6. The predicted octanol–water partition coefficient (Wildman–Crippen LogP) is -1.18. The summed E-state index contributed by atoms with van der Waals surface area (Å²) in [7, 11) is -1.18. The number of nitrogens with zero attached hydrogens (tertiary/aromatic N) is 1. The lowest BCUT2D eigenvalue weighted by molar-refractivity contribution is 0.125. The van der Waals surface area contributed by atoms with Gasteiger partial charge < -0.3 is 20.1 Å². The topological polar surface area (TPSA) is 95.9 Å². The van der Waals surface area contributed by atoms with Gasteiger partial charge in [0.25, 0.3) is 0 Å². The minimum absolute atomic E-state index is 0.00743. The van der Waals surface area contributed by atoms with Gasteiger partial charge in [-0.2, -0.15) is 0 Å². The lowest BCUT2D eigenvalue weighted by Crippen LogP contribution is -2.37. The molecule has 1 aliphatic rings. The molecule has 0 aromatic rings. The average Bonchev–Trinajstić information content (AvgIpc) is 2.58. The molecule has 0 spiro atoms. The molecule has 18 heavy (non-hydrogen) atoms. The Balaban J connectivity index is 2.15. The van der Waals surface area contributed by atoms with Crippen molar-refractivity contribution in [2.75, 3.05) is 44.9 Å². The molecule has 1 saturated heterocycles. The zero-order chi connectivity index (χ0) is 13.6. The molecule has 1 fully saturated rings. The van der Waals surface area contributed by atoms with Gasteiger partial charge in [0.05, 0.1) is 18.1 Å². The number of carbonyl (C=O) groups is 1. The highest BCUT2D eigenvalue weighted by atomic mass is 32.2. The Labute approximate surface area is 107 Å². The summed E-state index contributed by atoms with van der Waals surface area (Å²) < 4.78 is 27.3. The van der Waals surface area contributed by atoms with Crippen LogP contribution in [0.5, 0.6) is 0 Å². The smallest absolute Gasteiger partial charge is 0.407 e. The van der Waals surface area contributed by atoms with Gasteiger partial charge in [0.2, 0.25) is 0 Å². The van der Waals surface area contributed by atoms with E-state index in [4.69, 9.17) is 9.84 Å². The average molecular weight is 280 g/mol. The fourth-order valence-electron chi connectivity index (χ4n) is 1.69. The van der Waals surface area contributed by atoms with E-state index in [0.717, 1.165) is 0 Å². The number of alkyl carbamates (subject to hydrolysis) is 1. The van der Waals surface area contributed by atoms with Crippen LogP contribution in [-0.2, 0) is 14.6 Å². The first-order chi connectivity index (χ1) is 8.43. The summed E-state index contributed by atoms with van der Waals surface area (Å²) in [6.07, 6.45) is -0.142. The van der Waals surface area contributed by atoms with E-state index < -0.39 is 15.9 Å². The minimum Gasteiger partial charge on any atom is -0.448 e. The Hall–Kier alpha value is -0.860. The van der Waals surface area contributed by atoms with Gasteiger partial charge in [0.15, 0.2) is 9.84 Å². The van der Waals surface area contributed by atoms with Crippen LogP contribution < -0.4 is 5.32 Å². The molecule has 1 aliphatic heterocycles. The number of amides is 1. The summed E-state index contributed by atoms with van der Waals surface area (Å²) >= 11 is 0. The first-order valence-corrected chi connectivity index (χ1v) is 7.68. The van der Waals surface area contributed by atoms with Crippen molar-refractivity contribution in [3.63, 3.8) is 0 Å². The zero-order valence-corrected chi connectivity index (χ0v) is 11.3. The molecule has 0 radical (unpaired) electrons. The van der Waals surface area contributed by atoms with Crippen LogP contribution in [0.4, 0.5) is 4.79 Å². The van der Waals surface area contributed by atoms with Crippen molar-refractivity contribution >= 4 is 15.9 Å². The van der Waals surface area contributed by atoms with E-state index in [1.807, 2.05) is 4.90 Å². The van der Waals surface area contributed by atoms with Crippen LogP contribution in [0.15, 0.2) is 0 Å². The van der Waals surface area contributed by atoms with Crippen LogP contribution in [0.1, 0.15) is 6.42 Å². The highest BCUT2D eigenvalue weighted by molar-refractivity contribution is 7.91. The van der Waals surface area contributed by atoms with Crippen LogP contribution in [0.25, 0.3) is 0 Å². The van der Waals surface area contributed by atoms with Crippen molar-refractivity contribution in [2.45, 2.75) is 12.5 Å². The summed E-state index contributed by atoms with van der Waals surface area (Å²) in [6.45, 7) is 1.31. The van der Waals surface area contributed by atoms with E-state index in [-0.39, 0.29) is 30.8 Å². The standard InChI is InChI=1S/C10H20N2O5S/c1-12(3-5-13)4-6-17-10(14)11-9-2-7-18(15,16)8-9/h9,13H,2-8H2,1H3,(H,11,14)/t9-/m0/s1. The molecule has 8 heteroatoms. The van der Waals surface area contributed by atoms with E-state index in [1.54, 1.807) is 7.05 Å². The molecule has 2 N–H and O–H groups in total. The maximum atomic E-state index is 11.4. The van der Waals surface area contributed by atoms with Crippen molar-refractivity contribution in [1.82, 2.24) is 10.2 Å². The third-order valence-corrected chi connectivity index (χ3v) is 4.51. The quantitative estimate of drug-likeness (QED) is 0.636. The number of sulfone groups is 1. The fraction of sp³-hybridized carbons (Fsp3) is 0.900. The van der Waals surface area contributed by atoms with E-state index in [1.165, 1.54) is 0 Å². The second-order valence-electron chi connectivity index (χ2n) is 4.41. The fourth-order valence-corrected chi connectivity index (χ4v) is 3.37. The normalized spacial score (nSPS) is 22.1. The molecule has 0 aromatic heterocycles. The maximum absolute atomic E-state index is 11.4. The second-order valence-corrected chi connectivity index (χ2v) is 6.64. The molecule has 0 saturated carbocycles. The molecule has 106 valence electrons. The number of hydrogen-bond acceptors (Lipinski definition) is 6. The monoisotopic (exact) mass is 280 g/mol. The van der Waals surface area contributed by atoms with E-state index >= 15 is 0 Å². The van der Waals surface area contributed by atoms with Gasteiger partial charge in [-0.1, -0.05) is 0 Å². The predicted molar refractivity (Wildman–Crippen MR) is 66.1 cm³/mol. The summed E-state index contributed by atoms with van der Waals surface area (Å²) in [4.78, 5) is 13.2. The first-order valence-electron chi connectivity index (χ1n) is 5.86. The number of nitrogens with one attached hydrogen (secondary N) is 1. The third-order valence-electron chi connectivity index (χ3n) is 2.74. The lowest BCUT2D eigenvalue weighted by Gasteiger charge is -2.16. The number of aliphatic hydroxyl groups is 1. The Kier molecular flexibility index (Phi) is 5.83. The van der Waals surface area contributed by atoms with Crippen LogP contribution in [0, 0.1) is 0 Å². The maximum Gasteiger partial charge on any atom is 0.407 e. The molecule has 1 amide bonds. The summed E-state index contributed by atoms with van der Waals surface area (Å²) in [6, 6.07) is -0.335. The Morgan fingerprint density at radius 2 is 2.22 bits per heavy atom. The number of likely N-dealkylation sites (N-methyl/N-ethyl adjacent to an activating group) is 1. The van der Waals surface area contributed by atoms with E-state index in [9.17, 15) is 13.2 Å². The highest BCUT2D eigenvalue weighted by Gasteiger charge is 2.29. The van der Waals surface area contributed by atoms with E-state index in [0.29, 0.717) is 19.5 Å². The van der Waals surface area contributed by atoms with Gasteiger partial charge >= 0.3 is 6.09 Å². The van der Waals surface area contributed by atoms with Gasteiger partial charge in [-0.25, -0.2) is 13.2 Å². The highest BCUT2D eigenvalue weighted by Crippen LogP contribution is 2.11. The Bertz CT molecular complexity index is 370. The zero-order valence-electron chi connectivity index (χ0n) is 10.5. The number of carbonyl (C=O) groups excluding carboxylic acids is 1.